The summed E-state index contributed by atoms with van der Waals surface area (Å²) in [5, 5.41) is 3.70. The molecule has 11 heteroatoms. The fraction of sp³-hybridized carbons (Fsp3) is 0.450. The average Bonchev–Trinajstić information content (AvgIpc) is 3.20. The van der Waals surface area contributed by atoms with Crippen LogP contribution in [0, 0.1) is 12.7 Å². The lowest BCUT2D eigenvalue weighted by Gasteiger charge is -2.34. The number of hydrogen-bond acceptors (Lipinski definition) is 6. The Morgan fingerprint density at radius 1 is 1.06 bits per heavy atom. The number of aryl methyl sites for hydroxylation is 1. The van der Waals surface area contributed by atoms with E-state index in [1.165, 1.54) is 20.2 Å². The molecule has 1 aromatic carbocycles. The van der Waals surface area contributed by atoms with Crippen LogP contribution in [-0.2, 0) is 10.0 Å². The molecule has 1 saturated heterocycles. The molecule has 0 radical (unpaired) electrons. The molecule has 9 nitrogen and oxygen atoms in total. The molecule has 0 spiro atoms. The summed E-state index contributed by atoms with van der Waals surface area (Å²) in [7, 11) is -3.83. The molecule has 168 valence electrons. The van der Waals surface area contributed by atoms with Gasteiger partial charge < -0.3 is 14.3 Å². The minimum atomic E-state index is -3.83. The molecule has 0 saturated carbocycles. The van der Waals surface area contributed by atoms with Crippen LogP contribution in [0.1, 0.15) is 40.5 Å². The van der Waals surface area contributed by atoms with Crippen molar-refractivity contribution in [1.29, 1.82) is 0 Å². The van der Waals surface area contributed by atoms with E-state index in [9.17, 15) is 22.4 Å². The van der Waals surface area contributed by atoms with Gasteiger partial charge in [0.2, 0.25) is 15.8 Å². The van der Waals surface area contributed by atoms with Crippen molar-refractivity contribution in [3.05, 3.63) is 47.1 Å². The van der Waals surface area contributed by atoms with Gasteiger partial charge in [-0.15, -0.1) is 0 Å². The van der Waals surface area contributed by atoms with E-state index in [4.69, 9.17) is 4.52 Å². The van der Waals surface area contributed by atoms with Gasteiger partial charge in [-0.25, -0.2) is 12.8 Å². The Morgan fingerprint density at radius 2 is 1.65 bits per heavy atom. The van der Waals surface area contributed by atoms with Crippen LogP contribution in [0.5, 0.6) is 0 Å². The van der Waals surface area contributed by atoms with Gasteiger partial charge in [0.1, 0.15) is 5.82 Å². The van der Waals surface area contributed by atoms with E-state index >= 15 is 0 Å². The van der Waals surface area contributed by atoms with Crippen LogP contribution >= 0.6 is 0 Å². The number of piperazine rings is 1. The Labute approximate surface area is 180 Å². The Bertz CT molecular complexity index is 1070. The Hall–Kier alpha value is -2.79. The highest BCUT2D eigenvalue weighted by Crippen LogP contribution is 2.21. The van der Waals surface area contributed by atoms with Gasteiger partial charge >= 0.3 is 0 Å². The lowest BCUT2D eigenvalue weighted by Crippen LogP contribution is -2.50. The molecule has 2 amide bonds. The summed E-state index contributed by atoms with van der Waals surface area (Å²) in [4.78, 5) is 28.2. The number of carbonyl (C=O) groups excluding carboxylic acids is 2. The first kappa shape index (κ1) is 22.9. The van der Waals surface area contributed by atoms with Crippen LogP contribution in [-0.4, -0.2) is 78.8 Å². The van der Waals surface area contributed by atoms with Crippen molar-refractivity contribution < 1.29 is 26.9 Å². The summed E-state index contributed by atoms with van der Waals surface area (Å²) in [6.45, 7) is 6.50. The van der Waals surface area contributed by atoms with Crippen molar-refractivity contribution in [3.8, 4) is 0 Å². The molecule has 0 N–H and O–H groups in total. The average molecular weight is 453 g/mol. The molecule has 2 heterocycles. The zero-order valence-corrected chi connectivity index (χ0v) is 18.5. The van der Waals surface area contributed by atoms with E-state index in [0.29, 0.717) is 5.69 Å². The second-order valence-electron chi connectivity index (χ2n) is 7.15. The SMILES string of the molecule is CCN(CC)S(=O)(=O)c1ccc(F)c(C(=O)N2CCN(C(=O)c3cc(C)no3)CC2)c1. The minimum absolute atomic E-state index is 0.123. The first-order valence-corrected chi connectivity index (χ1v) is 11.4. The third-order valence-electron chi connectivity index (χ3n) is 5.20. The van der Waals surface area contributed by atoms with E-state index in [0.717, 1.165) is 18.2 Å². The predicted octanol–water partition coefficient (Wildman–Crippen LogP) is 1.75. The molecule has 3 rings (SSSR count). The molecular weight excluding hydrogens is 427 g/mol. The zero-order valence-electron chi connectivity index (χ0n) is 17.7. The van der Waals surface area contributed by atoms with E-state index in [1.54, 1.807) is 20.8 Å². The number of hydrogen-bond donors (Lipinski definition) is 0. The molecule has 31 heavy (non-hydrogen) atoms. The van der Waals surface area contributed by atoms with Gasteiger partial charge in [0.05, 0.1) is 16.2 Å². The Kier molecular flexibility index (Phi) is 6.75. The molecule has 0 atom stereocenters. The molecule has 0 bridgehead atoms. The van der Waals surface area contributed by atoms with Gasteiger partial charge in [0.25, 0.3) is 11.8 Å². The second kappa shape index (κ2) is 9.15. The quantitative estimate of drug-likeness (QED) is 0.662. The largest absolute Gasteiger partial charge is 0.351 e. The number of halogens is 1. The van der Waals surface area contributed by atoms with Gasteiger partial charge in [-0.05, 0) is 25.1 Å². The van der Waals surface area contributed by atoms with Crippen LogP contribution in [0.2, 0.25) is 0 Å². The summed E-state index contributed by atoms with van der Waals surface area (Å²) in [6, 6.07) is 4.78. The van der Waals surface area contributed by atoms with E-state index in [2.05, 4.69) is 5.16 Å². The van der Waals surface area contributed by atoms with Gasteiger partial charge in [-0.1, -0.05) is 19.0 Å². The monoisotopic (exact) mass is 452 g/mol. The van der Waals surface area contributed by atoms with E-state index in [1.807, 2.05) is 0 Å². The minimum Gasteiger partial charge on any atom is -0.351 e. The van der Waals surface area contributed by atoms with Crippen molar-refractivity contribution in [2.75, 3.05) is 39.3 Å². The van der Waals surface area contributed by atoms with Crippen molar-refractivity contribution in [2.45, 2.75) is 25.7 Å². The highest BCUT2D eigenvalue weighted by molar-refractivity contribution is 7.89. The Balaban J connectivity index is 1.74. The fourth-order valence-electron chi connectivity index (χ4n) is 3.44. The van der Waals surface area contributed by atoms with Crippen LogP contribution in [0.15, 0.2) is 33.7 Å². The van der Waals surface area contributed by atoms with Crippen molar-refractivity contribution in [2.24, 2.45) is 0 Å². The van der Waals surface area contributed by atoms with Crippen LogP contribution < -0.4 is 0 Å². The molecule has 1 fully saturated rings. The third kappa shape index (κ3) is 4.62. The summed E-state index contributed by atoms with van der Waals surface area (Å²) < 4.78 is 46.1. The van der Waals surface area contributed by atoms with Gasteiger partial charge in [-0.3, -0.25) is 9.59 Å². The number of sulfonamides is 1. The molecule has 0 aliphatic carbocycles. The topological polar surface area (TPSA) is 104 Å². The molecule has 1 aliphatic rings. The fourth-order valence-corrected chi connectivity index (χ4v) is 4.93. The van der Waals surface area contributed by atoms with Crippen LogP contribution in [0.4, 0.5) is 4.39 Å². The number of nitrogens with zero attached hydrogens (tertiary/aromatic N) is 4. The standard InChI is InChI=1S/C20H25FN4O5S/c1-4-25(5-2)31(28,29)15-6-7-17(21)16(13-15)19(26)23-8-10-24(11-9-23)20(27)18-12-14(3)22-30-18/h6-7,12-13H,4-5,8-11H2,1-3H3. The van der Waals surface area contributed by atoms with Crippen molar-refractivity contribution in [1.82, 2.24) is 19.3 Å². The van der Waals surface area contributed by atoms with Gasteiger partial charge in [-0.2, -0.15) is 4.31 Å². The van der Waals surface area contributed by atoms with Gasteiger partial charge in [0.15, 0.2) is 0 Å². The molecule has 1 aliphatic heterocycles. The Morgan fingerprint density at radius 3 is 2.16 bits per heavy atom. The summed E-state index contributed by atoms with van der Waals surface area (Å²) in [5.74, 6) is -1.61. The first-order valence-electron chi connectivity index (χ1n) is 10.0. The molecule has 0 unspecified atom stereocenters. The molecular formula is C20H25FN4O5S. The number of aromatic nitrogens is 1. The molecule has 1 aromatic heterocycles. The van der Waals surface area contributed by atoms with E-state index in [-0.39, 0.29) is 61.4 Å². The maximum Gasteiger partial charge on any atom is 0.292 e. The molecule has 2 aromatic rings. The smallest absolute Gasteiger partial charge is 0.292 e. The zero-order chi connectivity index (χ0) is 22.8. The highest BCUT2D eigenvalue weighted by Gasteiger charge is 2.30. The van der Waals surface area contributed by atoms with Crippen molar-refractivity contribution in [3.63, 3.8) is 0 Å². The second-order valence-corrected chi connectivity index (χ2v) is 9.09. The summed E-state index contributed by atoms with van der Waals surface area (Å²) in [6.07, 6.45) is 0. The lowest BCUT2D eigenvalue weighted by atomic mass is 10.1. The number of carbonyl (C=O) groups is 2. The summed E-state index contributed by atoms with van der Waals surface area (Å²) in [5.41, 5.74) is 0.283. The van der Waals surface area contributed by atoms with Crippen LogP contribution in [0.25, 0.3) is 0 Å². The lowest BCUT2D eigenvalue weighted by molar-refractivity contribution is 0.0510. The predicted molar refractivity (Wildman–Crippen MR) is 110 cm³/mol. The summed E-state index contributed by atoms with van der Waals surface area (Å²) >= 11 is 0. The maximum absolute atomic E-state index is 14.4. The maximum atomic E-state index is 14.4. The van der Waals surface area contributed by atoms with Crippen molar-refractivity contribution >= 4 is 21.8 Å². The van der Waals surface area contributed by atoms with Crippen LogP contribution in [0.3, 0.4) is 0 Å². The van der Waals surface area contributed by atoms with Gasteiger partial charge in [0, 0.05) is 45.3 Å². The normalized spacial score (nSPS) is 14.9. The number of benzene rings is 1. The van der Waals surface area contributed by atoms with E-state index < -0.39 is 21.7 Å². The highest BCUT2D eigenvalue weighted by atomic mass is 32.2. The first-order chi connectivity index (χ1) is 14.7. The number of amides is 2. The number of rotatable bonds is 6. The third-order valence-corrected chi connectivity index (χ3v) is 7.25.